The molecular weight excluding hydrogens is 374 g/mol. The lowest BCUT2D eigenvalue weighted by atomic mass is 10.0. The highest BCUT2D eigenvalue weighted by atomic mass is 16.5. The number of hydrogen-bond acceptors (Lipinski definition) is 6. The van der Waals surface area contributed by atoms with Crippen molar-refractivity contribution >= 4 is 28.5 Å². The van der Waals surface area contributed by atoms with Crippen molar-refractivity contribution in [2.75, 3.05) is 5.32 Å². The molecule has 0 fully saturated rings. The average Bonchev–Trinajstić information content (AvgIpc) is 2.66. The van der Waals surface area contributed by atoms with Crippen LogP contribution in [0.15, 0.2) is 45.6 Å². The normalized spacial score (nSPS) is 10.7. The number of anilines is 1. The van der Waals surface area contributed by atoms with Gasteiger partial charge in [0.15, 0.2) is 0 Å². The van der Waals surface area contributed by atoms with Crippen LogP contribution in [-0.4, -0.2) is 17.0 Å². The molecule has 3 rings (SSSR count). The number of ether oxygens (including phenoxy) is 1. The average molecular weight is 395 g/mol. The summed E-state index contributed by atoms with van der Waals surface area (Å²) >= 11 is 0. The van der Waals surface area contributed by atoms with E-state index in [1.807, 2.05) is 6.92 Å². The first-order chi connectivity index (χ1) is 13.8. The van der Waals surface area contributed by atoms with Crippen LogP contribution in [0.4, 0.5) is 5.69 Å². The molecule has 0 radical (unpaired) electrons. The highest BCUT2D eigenvalue weighted by Gasteiger charge is 2.17. The maximum absolute atomic E-state index is 12.7. The first kappa shape index (κ1) is 20.1. The second kappa shape index (κ2) is 8.18. The lowest BCUT2D eigenvalue weighted by Gasteiger charge is -2.13. The number of fused-ring (bicyclic) bond motifs is 1. The van der Waals surface area contributed by atoms with Gasteiger partial charge in [-0.05, 0) is 36.6 Å². The van der Waals surface area contributed by atoms with E-state index in [-0.39, 0.29) is 29.4 Å². The van der Waals surface area contributed by atoms with Gasteiger partial charge < -0.3 is 19.6 Å². The van der Waals surface area contributed by atoms with Crippen molar-refractivity contribution in [1.82, 2.24) is 0 Å². The van der Waals surface area contributed by atoms with E-state index in [0.717, 1.165) is 5.56 Å². The summed E-state index contributed by atoms with van der Waals surface area (Å²) in [4.78, 5) is 36.0. The second-order valence-electron chi connectivity index (χ2n) is 6.68. The third-order valence-electron chi connectivity index (χ3n) is 4.56. The summed E-state index contributed by atoms with van der Waals surface area (Å²) in [6, 6.07) is 9.39. The Hall–Kier alpha value is -3.61. The monoisotopic (exact) mass is 395 g/mol. The number of carbonyl (C=O) groups is 2. The van der Waals surface area contributed by atoms with Gasteiger partial charge >= 0.3 is 11.6 Å². The summed E-state index contributed by atoms with van der Waals surface area (Å²) in [5.74, 6) is -0.891. The Kier molecular flexibility index (Phi) is 5.68. The number of aromatic hydroxyl groups is 1. The summed E-state index contributed by atoms with van der Waals surface area (Å²) in [5.41, 5.74) is 2.09. The molecule has 1 heterocycles. The summed E-state index contributed by atoms with van der Waals surface area (Å²) < 4.78 is 10.6. The van der Waals surface area contributed by atoms with Gasteiger partial charge in [-0.3, -0.25) is 4.79 Å². The quantitative estimate of drug-likeness (QED) is 0.504. The molecule has 2 N–H and O–H groups in total. The molecule has 0 unspecified atom stereocenters. The molecule has 0 spiro atoms. The Morgan fingerprint density at radius 1 is 1.17 bits per heavy atom. The highest BCUT2D eigenvalue weighted by molar-refractivity contribution is 6.01. The van der Waals surface area contributed by atoms with Crippen LogP contribution in [0.2, 0.25) is 0 Å². The summed E-state index contributed by atoms with van der Waals surface area (Å²) in [6.07, 6.45) is 0.587. The van der Waals surface area contributed by atoms with Crippen LogP contribution < -0.4 is 10.9 Å². The number of esters is 1. The molecule has 29 heavy (non-hydrogen) atoms. The number of phenolic OH excluding ortho intramolecular Hbond substituents is 1. The van der Waals surface area contributed by atoms with Crippen molar-refractivity contribution < 1.29 is 23.8 Å². The van der Waals surface area contributed by atoms with E-state index in [1.54, 1.807) is 31.2 Å². The van der Waals surface area contributed by atoms with E-state index < -0.39 is 11.6 Å². The molecule has 0 aliphatic carbocycles. The Bertz CT molecular complexity index is 1160. The van der Waals surface area contributed by atoms with E-state index in [4.69, 9.17) is 9.15 Å². The van der Waals surface area contributed by atoms with E-state index in [1.165, 1.54) is 19.1 Å². The molecule has 0 saturated carbocycles. The minimum absolute atomic E-state index is 0.0389. The number of carbonyl (C=O) groups excluding carboxylic acids is 2. The van der Waals surface area contributed by atoms with E-state index >= 15 is 0 Å². The predicted octanol–water partition coefficient (Wildman–Crippen LogP) is 3.68. The molecule has 1 amide bonds. The van der Waals surface area contributed by atoms with E-state index in [9.17, 15) is 19.5 Å². The van der Waals surface area contributed by atoms with Gasteiger partial charge in [-0.2, -0.15) is 0 Å². The lowest BCUT2D eigenvalue weighted by Crippen LogP contribution is -2.14. The van der Waals surface area contributed by atoms with Crippen molar-refractivity contribution in [2.45, 2.75) is 33.8 Å². The molecule has 0 saturated heterocycles. The molecule has 7 heteroatoms. The Morgan fingerprint density at radius 2 is 1.93 bits per heavy atom. The number of benzene rings is 2. The fourth-order valence-electron chi connectivity index (χ4n) is 3.11. The number of phenols is 1. The number of aryl methyl sites for hydroxylation is 2. The van der Waals surface area contributed by atoms with Crippen LogP contribution in [0, 0.1) is 6.92 Å². The first-order valence-corrected chi connectivity index (χ1v) is 9.13. The van der Waals surface area contributed by atoms with Crippen LogP contribution in [0.1, 0.15) is 40.9 Å². The van der Waals surface area contributed by atoms with Crippen LogP contribution in [0.25, 0.3) is 11.0 Å². The summed E-state index contributed by atoms with van der Waals surface area (Å²) in [7, 11) is 0. The minimum atomic E-state index is -0.631. The summed E-state index contributed by atoms with van der Waals surface area (Å²) in [5, 5.41) is 13.2. The van der Waals surface area contributed by atoms with E-state index in [0.29, 0.717) is 28.6 Å². The van der Waals surface area contributed by atoms with Crippen molar-refractivity contribution in [3.63, 3.8) is 0 Å². The van der Waals surface area contributed by atoms with Gasteiger partial charge in [0.25, 0.3) is 0 Å². The van der Waals surface area contributed by atoms with Crippen LogP contribution in [-0.2, 0) is 22.6 Å². The molecule has 0 aliphatic heterocycles. The molecule has 3 aromatic rings. The van der Waals surface area contributed by atoms with Crippen LogP contribution in [0.3, 0.4) is 0 Å². The van der Waals surface area contributed by atoms with Crippen molar-refractivity contribution in [3.05, 3.63) is 69.1 Å². The molecule has 1 aromatic heterocycles. The van der Waals surface area contributed by atoms with E-state index in [2.05, 4.69) is 5.32 Å². The molecule has 0 bridgehead atoms. The van der Waals surface area contributed by atoms with Gasteiger partial charge in [0.1, 0.15) is 17.9 Å². The van der Waals surface area contributed by atoms with Crippen molar-refractivity contribution in [2.24, 2.45) is 0 Å². The third-order valence-corrected chi connectivity index (χ3v) is 4.56. The Labute approximate surface area is 166 Å². The standard InChI is InChI=1S/C22H21NO6/c1-4-14-8-17-15(9-20(26)29-19(17)10-18(14)25)11-28-22(27)16-7-5-6-12(2)21(16)23-13(3)24/h5-10,25H,4,11H2,1-3H3,(H,23,24). The maximum Gasteiger partial charge on any atom is 0.340 e. The van der Waals surface area contributed by atoms with Gasteiger partial charge in [-0.25, -0.2) is 9.59 Å². The smallest absolute Gasteiger partial charge is 0.340 e. The second-order valence-corrected chi connectivity index (χ2v) is 6.68. The summed E-state index contributed by atoms with van der Waals surface area (Å²) in [6.45, 7) is 4.86. The fraction of sp³-hybridized carbons (Fsp3) is 0.227. The van der Waals surface area contributed by atoms with Gasteiger partial charge in [0.05, 0.1) is 11.3 Å². The largest absolute Gasteiger partial charge is 0.508 e. The maximum atomic E-state index is 12.7. The van der Waals surface area contributed by atoms with Crippen molar-refractivity contribution in [1.29, 1.82) is 0 Å². The highest BCUT2D eigenvalue weighted by Crippen LogP contribution is 2.28. The minimum Gasteiger partial charge on any atom is -0.508 e. The lowest BCUT2D eigenvalue weighted by molar-refractivity contribution is -0.114. The van der Waals surface area contributed by atoms with Crippen LogP contribution in [0.5, 0.6) is 5.75 Å². The molecule has 150 valence electrons. The third kappa shape index (κ3) is 4.29. The zero-order chi connectivity index (χ0) is 21.1. The van der Waals surface area contributed by atoms with Gasteiger partial charge in [0, 0.05) is 30.0 Å². The molecule has 7 nitrogen and oxygen atoms in total. The predicted molar refractivity (Wildman–Crippen MR) is 108 cm³/mol. The number of rotatable bonds is 5. The van der Waals surface area contributed by atoms with Crippen LogP contribution >= 0.6 is 0 Å². The zero-order valence-corrected chi connectivity index (χ0v) is 16.4. The van der Waals surface area contributed by atoms with Gasteiger partial charge in [-0.1, -0.05) is 19.1 Å². The molecule has 0 aliphatic rings. The topological polar surface area (TPSA) is 106 Å². The number of nitrogens with one attached hydrogen (secondary N) is 1. The van der Waals surface area contributed by atoms with Crippen molar-refractivity contribution in [3.8, 4) is 5.75 Å². The first-order valence-electron chi connectivity index (χ1n) is 9.13. The van der Waals surface area contributed by atoms with Gasteiger partial charge in [0.2, 0.25) is 5.91 Å². The number of amides is 1. The zero-order valence-electron chi connectivity index (χ0n) is 16.4. The Balaban J connectivity index is 1.93. The van der Waals surface area contributed by atoms with Gasteiger partial charge in [-0.15, -0.1) is 0 Å². The number of hydrogen-bond donors (Lipinski definition) is 2. The molecule has 2 aromatic carbocycles. The molecular formula is C22H21NO6. The Morgan fingerprint density at radius 3 is 2.62 bits per heavy atom. The SMILES string of the molecule is CCc1cc2c(COC(=O)c3cccc(C)c3NC(C)=O)cc(=O)oc2cc1O. The molecule has 0 atom stereocenters. The number of para-hydroxylation sites is 1. The fourth-order valence-corrected chi connectivity index (χ4v) is 3.11.